The van der Waals surface area contributed by atoms with Crippen LogP contribution in [-0.4, -0.2) is 35.3 Å². The van der Waals surface area contributed by atoms with E-state index in [2.05, 4.69) is 10.3 Å². The van der Waals surface area contributed by atoms with Crippen LogP contribution in [0.3, 0.4) is 0 Å². The van der Waals surface area contributed by atoms with E-state index in [1.165, 1.54) is 13.3 Å². The van der Waals surface area contributed by atoms with E-state index in [1.807, 2.05) is 0 Å². The summed E-state index contributed by atoms with van der Waals surface area (Å²) in [4.78, 5) is 15.7. The Hall–Kier alpha value is -1.62. The minimum atomic E-state index is -0.392. The average molecular weight is 222 g/mol. The fraction of sp³-hybridized carbons (Fsp3) is 0.455. The number of aliphatic hydroxyl groups is 1. The Morgan fingerprint density at radius 1 is 1.62 bits per heavy atom. The number of pyridine rings is 1. The first kappa shape index (κ1) is 10.9. The fourth-order valence-electron chi connectivity index (χ4n) is 1.42. The van der Waals surface area contributed by atoms with Gasteiger partial charge in [-0.15, -0.1) is 0 Å². The predicted octanol–water partition coefficient (Wildman–Crippen LogP) is 0.345. The Morgan fingerprint density at radius 3 is 2.81 bits per heavy atom. The van der Waals surface area contributed by atoms with Crippen LogP contribution in [0.1, 0.15) is 23.2 Å². The minimum Gasteiger partial charge on any atom is -0.481 e. The zero-order valence-electron chi connectivity index (χ0n) is 9.06. The molecule has 0 atom stereocenters. The third-order valence-corrected chi connectivity index (χ3v) is 2.74. The SMILES string of the molecule is COc1ccc(C(=O)NC2(CO)CC2)cn1. The molecule has 0 saturated heterocycles. The summed E-state index contributed by atoms with van der Waals surface area (Å²) in [6.07, 6.45) is 3.12. The quantitative estimate of drug-likeness (QED) is 0.770. The molecule has 1 amide bonds. The van der Waals surface area contributed by atoms with Gasteiger partial charge in [-0.05, 0) is 18.9 Å². The molecule has 5 nitrogen and oxygen atoms in total. The van der Waals surface area contributed by atoms with Gasteiger partial charge in [0.2, 0.25) is 5.88 Å². The molecule has 16 heavy (non-hydrogen) atoms. The van der Waals surface area contributed by atoms with Crippen molar-refractivity contribution in [1.29, 1.82) is 0 Å². The first-order valence-electron chi connectivity index (χ1n) is 5.12. The third kappa shape index (κ3) is 2.14. The molecule has 1 aromatic rings. The topological polar surface area (TPSA) is 71.5 Å². The lowest BCUT2D eigenvalue weighted by Gasteiger charge is -2.13. The maximum absolute atomic E-state index is 11.8. The second-order valence-electron chi connectivity index (χ2n) is 3.98. The molecule has 0 radical (unpaired) electrons. The zero-order chi connectivity index (χ0) is 11.6. The van der Waals surface area contributed by atoms with E-state index in [9.17, 15) is 4.79 Å². The van der Waals surface area contributed by atoms with Gasteiger partial charge >= 0.3 is 0 Å². The molecular formula is C11H14N2O3. The van der Waals surface area contributed by atoms with Crippen molar-refractivity contribution in [3.05, 3.63) is 23.9 Å². The molecule has 0 aliphatic heterocycles. The molecule has 0 aromatic carbocycles. The number of ether oxygens (including phenoxy) is 1. The van der Waals surface area contributed by atoms with Crippen LogP contribution in [0, 0.1) is 0 Å². The molecule has 5 heteroatoms. The average Bonchev–Trinajstić information content (AvgIpc) is 3.09. The van der Waals surface area contributed by atoms with Crippen LogP contribution in [0.25, 0.3) is 0 Å². The number of hydrogen-bond acceptors (Lipinski definition) is 4. The summed E-state index contributed by atoms with van der Waals surface area (Å²) in [5.41, 5.74) is 0.0809. The minimum absolute atomic E-state index is 0.0116. The number of carbonyl (C=O) groups is 1. The van der Waals surface area contributed by atoms with Gasteiger partial charge in [0.1, 0.15) is 0 Å². The van der Waals surface area contributed by atoms with Crippen LogP contribution in [0.4, 0.5) is 0 Å². The van der Waals surface area contributed by atoms with Gasteiger partial charge in [0.15, 0.2) is 0 Å². The maximum atomic E-state index is 11.8. The highest BCUT2D eigenvalue weighted by Gasteiger charge is 2.43. The number of amides is 1. The van der Waals surface area contributed by atoms with E-state index < -0.39 is 5.54 Å². The second-order valence-corrected chi connectivity index (χ2v) is 3.98. The molecule has 86 valence electrons. The second kappa shape index (κ2) is 4.09. The first-order chi connectivity index (χ1) is 7.69. The van der Waals surface area contributed by atoms with Crippen LogP contribution in [0.15, 0.2) is 18.3 Å². The summed E-state index contributed by atoms with van der Waals surface area (Å²) in [7, 11) is 1.52. The molecule has 1 aromatic heterocycles. The highest BCUT2D eigenvalue weighted by molar-refractivity contribution is 5.94. The van der Waals surface area contributed by atoms with Crippen molar-refractivity contribution in [2.45, 2.75) is 18.4 Å². The Morgan fingerprint density at radius 2 is 2.38 bits per heavy atom. The zero-order valence-corrected chi connectivity index (χ0v) is 9.06. The Labute approximate surface area is 93.5 Å². The van der Waals surface area contributed by atoms with Gasteiger partial charge in [-0.1, -0.05) is 0 Å². The van der Waals surface area contributed by atoms with E-state index in [0.29, 0.717) is 11.4 Å². The lowest BCUT2D eigenvalue weighted by atomic mass is 10.2. The molecular weight excluding hydrogens is 208 g/mol. The number of aliphatic hydroxyl groups excluding tert-OH is 1. The maximum Gasteiger partial charge on any atom is 0.253 e. The van der Waals surface area contributed by atoms with Crippen molar-refractivity contribution in [2.75, 3.05) is 13.7 Å². The van der Waals surface area contributed by atoms with Gasteiger partial charge in [-0.2, -0.15) is 0 Å². The first-order valence-corrected chi connectivity index (χ1v) is 5.12. The van der Waals surface area contributed by atoms with Gasteiger partial charge in [0.25, 0.3) is 5.91 Å². The van der Waals surface area contributed by atoms with Crippen molar-refractivity contribution in [3.63, 3.8) is 0 Å². The molecule has 1 saturated carbocycles. The fourth-order valence-corrected chi connectivity index (χ4v) is 1.42. The summed E-state index contributed by atoms with van der Waals surface area (Å²) >= 11 is 0. The third-order valence-electron chi connectivity index (χ3n) is 2.74. The number of rotatable bonds is 4. The Balaban J connectivity index is 2.03. The molecule has 1 fully saturated rings. The summed E-state index contributed by atoms with van der Waals surface area (Å²) in [6, 6.07) is 3.28. The predicted molar refractivity (Wildman–Crippen MR) is 57.3 cm³/mol. The summed E-state index contributed by atoms with van der Waals surface area (Å²) < 4.78 is 4.90. The van der Waals surface area contributed by atoms with Gasteiger partial charge in [-0.25, -0.2) is 4.98 Å². The molecule has 0 unspecified atom stereocenters. The van der Waals surface area contributed by atoms with Gasteiger partial charge in [0, 0.05) is 12.3 Å². The smallest absolute Gasteiger partial charge is 0.253 e. The molecule has 1 aliphatic carbocycles. The summed E-state index contributed by atoms with van der Waals surface area (Å²) in [5.74, 6) is 0.265. The lowest BCUT2D eigenvalue weighted by Crippen LogP contribution is -2.39. The van der Waals surface area contributed by atoms with E-state index in [1.54, 1.807) is 12.1 Å². The summed E-state index contributed by atoms with van der Waals surface area (Å²) in [5, 5.41) is 11.9. The lowest BCUT2D eigenvalue weighted by molar-refractivity contribution is 0.0906. The number of nitrogens with zero attached hydrogens (tertiary/aromatic N) is 1. The Bertz CT molecular complexity index is 385. The number of aromatic nitrogens is 1. The standard InChI is InChI=1S/C11H14N2O3/c1-16-9-3-2-8(6-12-9)10(15)13-11(7-14)4-5-11/h2-3,6,14H,4-5,7H2,1H3,(H,13,15). The van der Waals surface area contributed by atoms with Crippen LogP contribution in [0.5, 0.6) is 5.88 Å². The Kier molecular flexibility index (Phi) is 2.78. The largest absolute Gasteiger partial charge is 0.481 e. The van der Waals surface area contributed by atoms with E-state index in [0.717, 1.165) is 12.8 Å². The van der Waals surface area contributed by atoms with Crippen LogP contribution < -0.4 is 10.1 Å². The monoisotopic (exact) mass is 222 g/mol. The van der Waals surface area contributed by atoms with Crippen molar-refractivity contribution >= 4 is 5.91 Å². The number of nitrogens with one attached hydrogen (secondary N) is 1. The number of methoxy groups -OCH3 is 1. The molecule has 0 spiro atoms. The van der Waals surface area contributed by atoms with Gasteiger partial charge in [-0.3, -0.25) is 4.79 Å². The van der Waals surface area contributed by atoms with Crippen molar-refractivity contribution < 1.29 is 14.6 Å². The van der Waals surface area contributed by atoms with Crippen molar-refractivity contribution in [3.8, 4) is 5.88 Å². The van der Waals surface area contributed by atoms with Crippen molar-refractivity contribution in [1.82, 2.24) is 10.3 Å². The number of hydrogen-bond donors (Lipinski definition) is 2. The molecule has 2 N–H and O–H groups in total. The summed E-state index contributed by atoms with van der Waals surface area (Å²) in [6.45, 7) is -0.0116. The van der Waals surface area contributed by atoms with Crippen molar-refractivity contribution in [2.24, 2.45) is 0 Å². The normalized spacial score (nSPS) is 16.6. The molecule has 2 rings (SSSR count). The highest BCUT2D eigenvalue weighted by Crippen LogP contribution is 2.34. The molecule has 1 aliphatic rings. The van der Waals surface area contributed by atoms with Gasteiger partial charge < -0.3 is 15.2 Å². The number of carbonyl (C=O) groups excluding carboxylic acids is 1. The van der Waals surface area contributed by atoms with E-state index in [-0.39, 0.29) is 12.5 Å². The van der Waals surface area contributed by atoms with E-state index in [4.69, 9.17) is 9.84 Å². The van der Waals surface area contributed by atoms with Crippen LogP contribution >= 0.6 is 0 Å². The molecule has 0 bridgehead atoms. The highest BCUT2D eigenvalue weighted by atomic mass is 16.5. The van der Waals surface area contributed by atoms with Crippen LogP contribution in [-0.2, 0) is 0 Å². The molecule has 1 heterocycles. The van der Waals surface area contributed by atoms with Crippen LogP contribution in [0.2, 0.25) is 0 Å². The van der Waals surface area contributed by atoms with E-state index >= 15 is 0 Å². The van der Waals surface area contributed by atoms with Gasteiger partial charge in [0.05, 0.1) is 24.8 Å².